The van der Waals surface area contributed by atoms with Crippen LogP contribution in [0.15, 0.2) is 60.8 Å². The smallest absolute Gasteiger partial charge is 0.278 e. The number of nitro benzene ring substituents is 1. The maximum Gasteiger partial charge on any atom is 0.278 e. The Morgan fingerprint density at radius 2 is 1.85 bits per heavy atom. The zero-order valence-corrected chi connectivity index (χ0v) is 15.0. The second kappa shape index (κ2) is 7.61. The van der Waals surface area contributed by atoms with Crippen molar-refractivity contribution in [2.45, 2.75) is 12.8 Å². The second-order valence-electron chi connectivity index (χ2n) is 6.81. The standard InChI is InChI=1S/C21H21N3O3/c25-24(26)19-8-9-20(21-18(19)7-4-12-22-21)23-13-10-16(11-14-23)15-27-17-5-2-1-3-6-17/h1-9,12,16H,10-11,13-15H2. The van der Waals surface area contributed by atoms with Gasteiger partial charge in [-0.15, -0.1) is 0 Å². The minimum Gasteiger partial charge on any atom is -0.493 e. The summed E-state index contributed by atoms with van der Waals surface area (Å²) >= 11 is 0. The Balaban J connectivity index is 1.45. The molecule has 0 spiro atoms. The number of piperidine rings is 1. The fourth-order valence-corrected chi connectivity index (χ4v) is 3.63. The first-order valence-corrected chi connectivity index (χ1v) is 9.17. The predicted molar refractivity (Wildman–Crippen MR) is 105 cm³/mol. The lowest BCUT2D eigenvalue weighted by molar-refractivity contribution is -0.383. The number of rotatable bonds is 5. The number of aromatic nitrogens is 1. The summed E-state index contributed by atoms with van der Waals surface area (Å²) in [4.78, 5) is 17.6. The lowest BCUT2D eigenvalue weighted by atomic mass is 9.97. The van der Waals surface area contributed by atoms with Gasteiger partial charge >= 0.3 is 0 Å². The number of ether oxygens (including phenoxy) is 1. The molecule has 2 aromatic carbocycles. The Hall–Kier alpha value is -3.15. The molecule has 6 heteroatoms. The Morgan fingerprint density at radius 1 is 1.07 bits per heavy atom. The van der Waals surface area contributed by atoms with Crippen molar-refractivity contribution >= 4 is 22.3 Å². The molecule has 4 rings (SSSR count). The van der Waals surface area contributed by atoms with Crippen LogP contribution in [-0.2, 0) is 0 Å². The van der Waals surface area contributed by atoms with Crippen molar-refractivity contribution < 1.29 is 9.66 Å². The highest BCUT2D eigenvalue weighted by atomic mass is 16.6. The van der Waals surface area contributed by atoms with Crippen LogP contribution in [0.1, 0.15) is 12.8 Å². The maximum atomic E-state index is 11.3. The van der Waals surface area contributed by atoms with E-state index in [0.29, 0.717) is 16.8 Å². The van der Waals surface area contributed by atoms with Gasteiger partial charge in [-0.1, -0.05) is 18.2 Å². The number of pyridine rings is 1. The van der Waals surface area contributed by atoms with Crippen molar-refractivity contribution in [1.82, 2.24) is 4.98 Å². The summed E-state index contributed by atoms with van der Waals surface area (Å²) in [5.41, 5.74) is 1.78. The van der Waals surface area contributed by atoms with Crippen molar-refractivity contribution in [3.8, 4) is 5.75 Å². The number of para-hydroxylation sites is 1. The zero-order valence-electron chi connectivity index (χ0n) is 15.0. The molecule has 0 N–H and O–H groups in total. The van der Waals surface area contributed by atoms with Crippen LogP contribution >= 0.6 is 0 Å². The molecule has 1 aliphatic heterocycles. The molecule has 0 unspecified atom stereocenters. The summed E-state index contributed by atoms with van der Waals surface area (Å²) < 4.78 is 5.89. The van der Waals surface area contributed by atoms with Crippen LogP contribution < -0.4 is 9.64 Å². The summed E-state index contributed by atoms with van der Waals surface area (Å²) in [6.07, 6.45) is 3.74. The number of non-ortho nitro benzene ring substituents is 1. The fraction of sp³-hybridized carbons (Fsp3) is 0.286. The van der Waals surface area contributed by atoms with Gasteiger partial charge in [0.2, 0.25) is 0 Å². The van der Waals surface area contributed by atoms with E-state index in [9.17, 15) is 10.1 Å². The number of nitro groups is 1. The van der Waals surface area contributed by atoms with E-state index in [0.717, 1.165) is 44.0 Å². The second-order valence-corrected chi connectivity index (χ2v) is 6.81. The van der Waals surface area contributed by atoms with E-state index >= 15 is 0 Å². The number of anilines is 1. The molecule has 27 heavy (non-hydrogen) atoms. The van der Waals surface area contributed by atoms with Crippen LogP contribution in [0.3, 0.4) is 0 Å². The van der Waals surface area contributed by atoms with Crippen LogP contribution in [-0.4, -0.2) is 29.6 Å². The average Bonchev–Trinajstić information content (AvgIpc) is 2.72. The van der Waals surface area contributed by atoms with Gasteiger partial charge in [-0.3, -0.25) is 15.1 Å². The van der Waals surface area contributed by atoms with Gasteiger partial charge < -0.3 is 9.64 Å². The molecule has 0 aliphatic carbocycles. The normalized spacial score (nSPS) is 15.0. The number of hydrogen-bond acceptors (Lipinski definition) is 5. The van der Waals surface area contributed by atoms with Gasteiger partial charge in [-0.25, -0.2) is 0 Å². The lowest BCUT2D eigenvalue weighted by Gasteiger charge is -2.33. The molecule has 3 aromatic rings. The van der Waals surface area contributed by atoms with E-state index < -0.39 is 0 Å². The highest BCUT2D eigenvalue weighted by molar-refractivity contribution is 5.97. The molecule has 2 heterocycles. The predicted octanol–water partition coefficient (Wildman–Crippen LogP) is 4.44. The van der Waals surface area contributed by atoms with Crippen molar-refractivity contribution in [2.24, 2.45) is 5.92 Å². The molecule has 138 valence electrons. The molecule has 0 bridgehead atoms. The molecule has 6 nitrogen and oxygen atoms in total. The van der Waals surface area contributed by atoms with Gasteiger partial charge in [0, 0.05) is 25.4 Å². The molecule has 1 aliphatic rings. The van der Waals surface area contributed by atoms with Crippen molar-refractivity contribution in [3.63, 3.8) is 0 Å². The van der Waals surface area contributed by atoms with Gasteiger partial charge in [-0.05, 0) is 49.1 Å². The summed E-state index contributed by atoms with van der Waals surface area (Å²) in [5.74, 6) is 1.42. The van der Waals surface area contributed by atoms with Crippen molar-refractivity contribution in [2.75, 3.05) is 24.6 Å². The van der Waals surface area contributed by atoms with E-state index in [1.807, 2.05) is 36.4 Å². The minimum atomic E-state index is -0.346. The third-order valence-corrected chi connectivity index (χ3v) is 5.11. The highest BCUT2D eigenvalue weighted by Crippen LogP contribution is 2.34. The molecular formula is C21H21N3O3. The summed E-state index contributed by atoms with van der Waals surface area (Å²) in [6, 6.07) is 16.8. The lowest BCUT2D eigenvalue weighted by Crippen LogP contribution is -2.35. The van der Waals surface area contributed by atoms with Crippen molar-refractivity contribution in [3.05, 3.63) is 70.9 Å². The van der Waals surface area contributed by atoms with Crippen LogP contribution in [0, 0.1) is 16.0 Å². The first-order chi connectivity index (χ1) is 13.2. The molecule has 0 radical (unpaired) electrons. The minimum absolute atomic E-state index is 0.105. The maximum absolute atomic E-state index is 11.3. The largest absolute Gasteiger partial charge is 0.493 e. The van der Waals surface area contributed by atoms with Gasteiger partial charge in [0.05, 0.1) is 22.6 Å². The third kappa shape index (κ3) is 3.69. The number of fused-ring (bicyclic) bond motifs is 1. The van der Waals surface area contributed by atoms with Crippen LogP contribution in [0.4, 0.5) is 11.4 Å². The van der Waals surface area contributed by atoms with Crippen LogP contribution in [0.25, 0.3) is 10.9 Å². The van der Waals surface area contributed by atoms with Crippen LogP contribution in [0.5, 0.6) is 5.75 Å². The summed E-state index contributed by atoms with van der Waals surface area (Å²) in [5, 5.41) is 11.9. The van der Waals surface area contributed by atoms with E-state index in [1.54, 1.807) is 24.4 Å². The zero-order chi connectivity index (χ0) is 18.6. The SMILES string of the molecule is O=[N+]([O-])c1ccc(N2CCC(COc3ccccc3)CC2)c2ncccc12. The van der Waals surface area contributed by atoms with Gasteiger partial charge in [0.15, 0.2) is 0 Å². The van der Waals surface area contributed by atoms with Gasteiger partial charge in [0.25, 0.3) is 5.69 Å². The molecule has 0 saturated carbocycles. The summed E-state index contributed by atoms with van der Waals surface area (Å²) in [7, 11) is 0. The molecule has 1 saturated heterocycles. The Bertz CT molecular complexity index is 938. The highest BCUT2D eigenvalue weighted by Gasteiger charge is 2.23. The van der Waals surface area contributed by atoms with Gasteiger partial charge in [-0.2, -0.15) is 0 Å². The molecule has 0 atom stereocenters. The Kier molecular flexibility index (Phi) is 4.87. The number of nitrogens with zero attached hydrogens (tertiary/aromatic N) is 3. The fourth-order valence-electron chi connectivity index (χ4n) is 3.63. The van der Waals surface area contributed by atoms with Gasteiger partial charge in [0.1, 0.15) is 11.3 Å². The molecule has 1 aromatic heterocycles. The monoisotopic (exact) mass is 363 g/mol. The van der Waals surface area contributed by atoms with E-state index in [4.69, 9.17) is 4.74 Å². The molecule has 0 amide bonds. The van der Waals surface area contributed by atoms with Crippen molar-refractivity contribution in [1.29, 1.82) is 0 Å². The van der Waals surface area contributed by atoms with E-state index in [-0.39, 0.29) is 10.6 Å². The van der Waals surface area contributed by atoms with E-state index in [2.05, 4.69) is 9.88 Å². The number of benzene rings is 2. The Labute approximate surface area is 157 Å². The molecular weight excluding hydrogens is 342 g/mol. The van der Waals surface area contributed by atoms with E-state index in [1.165, 1.54) is 0 Å². The first-order valence-electron chi connectivity index (χ1n) is 9.17. The Morgan fingerprint density at radius 3 is 2.59 bits per heavy atom. The number of hydrogen-bond donors (Lipinski definition) is 0. The topological polar surface area (TPSA) is 68.5 Å². The van der Waals surface area contributed by atoms with Crippen LogP contribution in [0.2, 0.25) is 0 Å². The first kappa shape index (κ1) is 17.3. The quantitative estimate of drug-likeness (QED) is 0.495. The molecule has 1 fully saturated rings. The third-order valence-electron chi connectivity index (χ3n) is 5.11. The average molecular weight is 363 g/mol. The summed E-state index contributed by atoms with van der Waals surface area (Å²) in [6.45, 7) is 2.51.